The molecular weight excluding hydrogens is 477 g/mol. The predicted molar refractivity (Wildman–Crippen MR) is 160 cm³/mol. The highest BCUT2D eigenvalue weighted by molar-refractivity contribution is 6.74. The summed E-state index contributed by atoms with van der Waals surface area (Å²) in [7, 11) is -3.57. The highest BCUT2D eigenvalue weighted by atomic mass is 28.4. The van der Waals surface area contributed by atoms with E-state index in [0.29, 0.717) is 23.4 Å². The summed E-state index contributed by atoms with van der Waals surface area (Å²) < 4.78 is 20.5. The fourth-order valence-electron chi connectivity index (χ4n) is 6.96. The SMILES string of the molecule is C[C@@H](CO[C@H]1C=C[C@@](C)(O[Si](C)(C)C(C)(C)C)C1)[C@H]1CCC2C(O[Si](C)(C)C(C)(C)C)CCC[C@@]21C. The topological polar surface area (TPSA) is 27.7 Å². The summed E-state index contributed by atoms with van der Waals surface area (Å²) in [5.41, 5.74) is 0.193. The molecule has 2 fully saturated rings. The molecule has 5 heteroatoms. The monoisotopic (exact) mass is 536 g/mol. The van der Waals surface area contributed by atoms with Gasteiger partial charge in [0.15, 0.2) is 16.6 Å². The average Bonchev–Trinajstić information content (AvgIpc) is 3.24. The number of hydrogen-bond donors (Lipinski definition) is 0. The molecule has 210 valence electrons. The molecule has 0 saturated heterocycles. The van der Waals surface area contributed by atoms with Crippen molar-refractivity contribution < 1.29 is 13.6 Å². The Balaban J connectivity index is 1.58. The zero-order chi connectivity index (χ0) is 27.4. The van der Waals surface area contributed by atoms with Crippen molar-refractivity contribution in [3.05, 3.63) is 12.2 Å². The molecule has 0 spiro atoms. The third-order valence-corrected chi connectivity index (χ3v) is 20.3. The van der Waals surface area contributed by atoms with Gasteiger partial charge in [-0.3, -0.25) is 0 Å². The van der Waals surface area contributed by atoms with Crippen molar-refractivity contribution in [1.29, 1.82) is 0 Å². The second-order valence-electron chi connectivity index (χ2n) is 16.2. The smallest absolute Gasteiger partial charge is 0.193 e. The summed E-state index contributed by atoms with van der Waals surface area (Å²) in [6, 6.07) is 0. The molecule has 0 amide bonds. The number of ether oxygens (including phenoxy) is 1. The van der Waals surface area contributed by atoms with Gasteiger partial charge < -0.3 is 13.6 Å². The van der Waals surface area contributed by atoms with Crippen molar-refractivity contribution in [1.82, 2.24) is 0 Å². The van der Waals surface area contributed by atoms with Gasteiger partial charge in [-0.15, -0.1) is 0 Å². The Morgan fingerprint density at radius 2 is 1.53 bits per heavy atom. The van der Waals surface area contributed by atoms with E-state index >= 15 is 0 Å². The quantitative estimate of drug-likeness (QED) is 0.228. The average molecular weight is 537 g/mol. The maximum atomic E-state index is 7.07. The lowest BCUT2D eigenvalue weighted by molar-refractivity contribution is -0.0408. The van der Waals surface area contributed by atoms with E-state index in [4.69, 9.17) is 13.6 Å². The van der Waals surface area contributed by atoms with Crippen molar-refractivity contribution in [2.45, 2.75) is 155 Å². The maximum Gasteiger partial charge on any atom is 0.193 e. The van der Waals surface area contributed by atoms with Crippen LogP contribution in [0.25, 0.3) is 0 Å². The molecule has 0 N–H and O–H groups in total. The van der Waals surface area contributed by atoms with Gasteiger partial charge in [-0.05, 0) is 92.0 Å². The minimum Gasteiger partial charge on any atom is -0.414 e. The molecule has 3 rings (SSSR count). The van der Waals surface area contributed by atoms with Crippen LogP contribution in [0.2, 0.25) is 36.3 Å². The molecule has 3 aliphatic rings. The molecule has 0 aliphatic heterocycles. The van der Waals surface area contributed by atoms with E-state index in [-0.39, 0.29) is 21.8 Å². The Bertz CT molecular complexity index is 793. The van der Waals surface area contributed by atoms with Gasteiger partial charge in [-0.25, -0.2) is 0 Å². The van der Waals surface area contributed by atoms with Gasteiger partial charge in [0.25, 0.3) is 0 Å². The van der Waals surface area contributed by atoms with Crippen molar-refractivity contribution in [2.75, 3.05) is 6.61 Å². The van der Waals surface area contributed by atoms with Crippen molar-refractivity contribution >= 4 is 16.6 Å². The minimum atomic E-state index is -1.82. The van der Waals surface area contributed by atoms with Gasteiger partial charge in [0, 0.05) is 12.5 Å². The Kier molecular flexibility index (Phi) is 8.69. The lowest BCUT2D eigenvalue weighted by Crippen LogP contribution is -2.50. The van der Waals surface area contributed by atoms with E-state index in [1.807, 2.05) is 0 Å². The van der Waals surface area contributed by atoms with Crippen molar-refractivity contribution in [3.63, 3.8) is 0 Å². The van der Waals surface area contributed by atoms with Gasteiger partial charge in [0.1, 0.15) is 0 Å². The molecule has 0 bridgehead atoms. The van der Waals surface area contributed by atoms with E-state index in [0.717, 1.165) is 18.9 Å². The summed E-state index contributed by atoms with van der Waals surface area (Å²) in [5.74, 6) is 2.02. The third kappa shape index (κ3) is 6.27. The van der Waals surface area contributed by atoms with Crippen LogP contribution in [0, 0.1) is 23.2 Å². The molecule has 0 radical (unpaired) electrons. The lowest BCUT2D eigenvalue weighted by Gasteiger charge is -2.50. The second-order valence-corrected chi connectivity index (χ2v) is 25.7. The molecule has 2 saturated carbocycles. The first-order chi connectivity index (χ1) is 16.2. The van der Waals surface area contributed by atoms with Gasteiger partial charge in [0.05, 0.1) is 18.3 Å². The maximum absolute atomic E-state index is 7.07. The van der Waals surface area contributed by atoms with E-state index in [1.165, 1.54) is 32.1 Å². The van der Waals surface area contributed by atoms with Gasteiger partial charge >= 0.3 is 0 Å². The Hall–Kier alpha value is 0.0538. The number of hydrogen-bond acceptors (Lipinski definition) is 3. The van der Waals surface area contributed by atoms with E-state index in [1.54, 1.807) is 0 Å². The highest BCUT2D eigenvalue weighted by Crippen LogP contribution is 2.59. The molecule has 0 aromatic heterocycles. The first kappa shape index (κ1) is 30.6. The summed E-state index contributed by atoms with van der Waals surface area (Å²) in [6.45, 7) is 31.8. The molecule has 3 nitrogen and oxygen atoms in total. The van der Waals surface area contributed by atoms with E-state index < -0.39 is 16.6 Å². The van der Waals surface area contributed by atoms with Crippen LogP contribution in [0.3, 0.4) is 0 Å². The lowest BCUT2D eigenvalue weighted by atomic mass is 9.62. The molecule has 7 atom stereocenters. The van der Waals surface area contributed by atoms with Crippen LogP contribution in [0.15, 0.2) is 12.2 Å². The Morgan fingerprint density at radius 3 is 2.11 bits per heavy atom. The summed E-state index contributed by atoms with van der Waals surface area (Å²) >= 11 is 0. The molecule has 0 aromatic rings. The van der Waals surface area contributed by atoms with Crippen LogP contribution >= 0.6 is 0 Å². The van der Waals surface area contributed by atoms with Gasteiger partial charge in [-0.1, -0.05) is 74.0 Å². The first-order valence-corrected chi connectivity index (χ1v) is 20.7. The highest BCUT2D eigenvalue weighted by Gasteiger charge is 2.54. The zero-order valence-corrected chi connectivity index (χ0v) is 28.2. The normalized spacial score (nSPS) is 36.8. The van der Waals surface area contributed by atoms with Crippen LogP contribution < -0.4 is 0 Å². The van der Waals surface area contributed by atoms with Crippen LogP contribution in [0.1, 0.15) is 101 Å². The first-order valence-electron chi connectivity index (χ1n) is 14.9. The summed E-state index contributed by atoms with van der Waals surface area (Å²) in [5, 5.41) is 0.496. The zero-order valence-electron chi connectivity index (χ0n) is 26.2. The van der Waals surface area contributed by atoms with E-state index in [9.17, 15) is 0 Å². The predicted octanol–water partition coefficient (Wildman–Crippen LogP) is 9.35. The molecular formula is C31H60O3Si2. The Morgan fingerprint density at radius 1 is 0.917 bits per heavy atom. The van der Waals surface area contributed by atoms with Crippen LogP contribution in [0.4, 0.5) is 0 Å². The summed E-state index contributed by atoms with van der Waals surface area (Å²) in [6.07, 6.45) is 12.7. The van der Waals surface area contributed by atoms with Crippen LogP contribution in [-0.4, -0.2) is 41.1 Å². The molecule has 36 heavy (non-hydrogen) atoms. The summed E-state index contributed by atoms with van der Waals surface area (Å²) in [4.78, 5) is 0. The fraction of sp³-hybridized carbons (Fsp3) is 0.935. The van der Waals surface area contributed by atoms with Crippen molar-refractivity contribution in [2.24, 2.45) is 23.2 Å². The van der Waals surface area contributed by atoms with Gasteiger partial charge in [0.2, 0.25) is 0 Å². The largest absolute Gasteiger partial charge is 0.414 e. The minimum absolute atomic E-state index is 0.174. The van der Waals surface area contributed by atoms with E-state index in [2.05, 4.69) is 101 Å². The van der Waals surface area contributed by atoms with Crippen LogP contribution in [-0.2, 0) is 13.6 Å². The molecule has 3 aliphatic carbocycles. The van der Waals surface area contributed by atoms with Crippen LogP contribution in [0.5, 0.6) is 0 Å². The molecule has 2 unspecified atom stereocenters. The standard InChI is InChI=1S/C31H60O3Si2/c1-23(22-32-24-18-20-30(8,21-24)34-36(12,13)29(5,6)7)25-16-17-26-27(15-14-19-31(25,26)9)33-35(10,11)28(2,3)4/h18,20,23-27H,14-17,19,21-22H2,1-13H3/t23-,24-,25+,26?,27?,30+,31+/m0/s1. The third-order valence-electron chi connectivity index (χ3n) is 11.2. The second kappa shape index (κ2) is 10.2. The van der Waals surface area contributed by atoms with Crippen molar-refractivity contribution in [3.8, 4) is 0 Å². The number of rotatable bonds is 8. The fourth-order valence-corrected chi connectivity index (χ4v) is 9.97. The molecule has 0 aromatic carbocycles. The van der Waals surface area contributed by atoms with Gasteiger partial charge in [-0.2, -0.15) is 0 Å². The number of fused-ring (bicyclic) bond motifs is 1. The molecule has 0 heterocycles. The Labute approximate surface area is 226 Å².